The van der Waals surface area contributed by atoms with Crippen molar-refractivity contribution < 1.29 is 9.18 Å². The van der Waals surface area contributed by atoms with Crippen molar-refractivity contribution in [3.63, 3.8) is 0 Å². The summed E-state index contributed by atoms with van der Waals surface area (Å²) in [6, 6.07) is 14.5. The van der Waals surface area contributed by atoms with Gasteiger partial charge in [0.2, 0.25) is 5.91 Å². The van der Waals surface area contributed by atoms with E-state index in [1.807, 2.05) is 30.3 Å². The maximum Gasteiger partial charge on any atom is 0.352 e. The van der Waals surface area contributed by atoms with E-state index in [4.69, 9.17) is 11.6 Å². The molecular weight excluding hydrogens is 397 g/mol. The molecule has 4 aromatic rings. The molecule has 0 spiro atoms. The Morgan fingerprint density at radius 2 is 1.93 bits per heavy atom. The van der Waals surface area contributed by atoms with Crippen LogP contribution in [0.1, 0.15) is 5.69 Å². The first-order chi connectivity index (χ1) is 13.9. The molecular formula is C20H15ClFN5O2. The Balaban J connectivity index is 1.69. The number of hydrogen-bond donors (Lipinski definition) is 1. The van der Waals surface area contributed by atoms with E-state index in [-0.39, 0.29) is 17.3 Å². The molecule has 1 amide bonds. The molecule has 0 saturated carbocycles. The second-order valence-electron chi connectivity index (χ2n) is 6.39. The summed E-state index contributed by atoms with van der Waals surface area (Å²) >= 11 is 5.93. The summed E-state index contributed by atoms with van der Waals surface area (Å²) in [5.74, 6) is -0.588. The molecule has 29 heavy (non-hydrogen) atoms. The summed E-state index contributed by atoms with van der Waals surface area (Å²) < 4.78 is 15.6. The van der Waals surface area contributed by atoms with Crippen LogP contribution in [-0.2, 0) is 11.3 Å². The molecule has 2 aromatic carbocycles. The van der Waals surface area contributed by atoms with Crippen LogP contribution in [0, 0.1) is 12.7 Å². The minimum absolute atomic E-state index is 0.0619. The van der Waals surface area contributed by atoms with E-state index in [0.717, 1.165) is 16.3 Å². The van der Waals surface area contributed by atoms with Crippen molar-refractivity contribution in [3.05, 3.63) is 81.6 Å². The van der Waals surface area contributed by atoms with Gasteiger partial charge in [0.1, 0.15) is 18.2 Å². The van der Waals surface area contributed by atoms with Crippen molar-refractivity contribution in [2.45, 2.75) is 13.5 Å². The van der Waals surface area contributed by atoms with Crippen LogP contribution in [0.3, 0.4) is 0 Å². The highest BCUT2D eigenvalue weighted by atomic mass is 35.5. The molecule has 1 N–H and O–H groups in total. The Kier molecular flexibility index (Phi) is 4.85. The van der Waals surface area contributed by atoms with E-state index in [1.54, 1.807) is 13.0 Å². The Labute approximate surface area is 169 Å². The lowest BCUT2D eigenvalue weighted by Crippen LogP contribution is -2.28. The van der Waals surface area contributed by atoms with Crippen LogP contribution in [0.4, 0.5) is 10.1 Å². The summed E-state index contributed by atoms with van der Waals surface area (Å²) in [6.07, 6.45) is 0. The maximum absolute atomic E-state index is 13.2. The molecule has 9 heteroatoms. The predicted octanol–water partition coefficient (Wildman–Crippen LogP) is 3.30. The van der Waals surface area contributed by atoms with Gasteiger partial charge in [0, 0.05) is 17.3 Å². The van der Waals surface area contributed by atoms with E-state index in [1.165, 1.54) is 16.5 Å². The van der Waals surface area contributed by atoms with Crippen molar-refractivity contribution in [1.82, 2.24) is 19.2 Å². The minimum atomic E-state index is -0.519. The highest BCUT2D eigenvalue weighted by Crippen LogP contribution is 2.22. The zero-order valence-corrected chi connectivity index (χ0v) is 16.0. The lowest BCUT2D eigenvalue weighted by atomic mass is 10.2. The van der Waals surface area contributed by atoms with E-state index in [9.17, 15) is 14.0 Å². The molecule has 7 nitrogen and oxygen atoms in total. The highest BCUT2D eigenvalue weighted by Gasteiger charge is 2.16. The molecule has 0 unspecified atom stereocenters. The molecule has 0 radical (unpaired) electrons. The van der Waals surface area contributed by atoms with Crippen LogP contribution in [0.5, 0.6) is 0 Å². The first-order valence-electron chi connectivity index (χ1n) is 8.70. The monoisotopic (exact) mass is 411 g/mol. The molecule has 0 aliphatic heterocycles. The number of carbonyl (C=O) groups excluding carboxylic acids is 1. The number of anilines is 1. The largest absolute Gasteiger partial charge is 0.352 e. The third kappa shape index (κ3) is 3.74. The van der Waals surface area contributed by atoms with Gasteiger partial charge in [0.05, 0.1) is 10.7 Å². The number of nitrogens with zero attached hydrogens (tertiary/aromatic N) is 4. The molecule has 146 valence electrons. The van der Waals surface area contributed by atoms with E-state index >= 15 is 0 Å². The standard InChI is InChI=1S/C20H15ClFN5O2/c1-12-9-17-25-26(11-18(28)24-16-8-7-14(22)10-15(16)21)20(29)27(17)19(23-12)13-5-3-2-4-6-13/h2-10H,11H2,1H3,(H,24,28). The van der Waals surface area contributed by atoms with Crippen LogP contribution >= 0.6 is 11.6 Å². The molecule has 0 bridgehead atoms. The van der Waals surface area contributed by atoms with Crippen molar-refractivity contribution in [2.24, 2.45) is 0 Å². The molecule has 0 fully saturated rings. The van der Waals surface area contributed by atoms with Gasteiger partial charge >= 0.3 is 5.69 Å². The number of halogens is 2. The van der Waals surface area contributed by atoms with Gasteiger partial charge in [-0.2, -0.15) is 0 Å². The quantitative estimate of drug-likeness (QED) is 0.558. The number of carbonyl (C=O) groups is 1. The number of rotatable bonds is 4. The van der Waals surface area contributed by atoms with Crippen LogP contribution in [-0.4, -0.2) is 25.1 Å². The number of aryl methyl sites for hydroxylation is 1. The lowest BCUT2D eigenvalue weighted by Gasteiger charge is -2.06. The summed E-state index contributed by atoms with van der Waals surface area (Å²) in [4.78, 5) is 29.8. The van der Waals surface area contributed by atoms with Crippen molar-refractivity contribution in [1.29, 1.82) is 0 Å². The maximum atomic E-state index is 13.2. The SMILES string of the molecule is Cc1cc2nn(CC(=O)Nc3ccc(F)cc3Cl)c(=O)n2c(-c2ccccc2)n1. The molecule has 4 rings (SSSR count). The van der Waals surface area contributed by atoms with Crippen LogP contribution < -0.4 is 11.0 Å². The number of nitrogens with one attached hydrogen (secondary N) is 1. The normalized spacial score (nSPS) is 11.0. The average Bonchev–Trinajstić information content (AvgIpc) is 2.99. The van der Waals surface area contributed by atoms with Gasteiger partial charge < -0.3 is 5.32 Å². The fraction of sp³-hybridized carbons (Fsp3) is 0.100. The first-order valence-corrected chi connectivity index (χ1v) is 9.08. The highest BCUT2D eigenvalue weighted by molar-refractivity contribution is 6.33. The minimum Gasteiger partial charge on any atom is -0.323 e. The number of aromatic nitrogens is 4. The fourth-order valence-electron chi connectivity index (χ4n) is 2.95. The zero-order valence-electron chi connectivity index (χ0n) is 15.3. The Morgan fingerprint density at radius 3 is 2.66 bits per heavy atom. The molecule has 2 heterocycles. The smallest absolute Gasteiger partial charge is 0.323 e. The Hall–Kier alpha value is -3.52. The second-order valence-corrected chi connectivity index (χ2v) is 6.80. The van der Waals surface area contributed by atoms with Gasteiger partial charge in [0.15, 0.2) is 5.65 Å². The number of amides is 1. The van der Waals surface area contributed by atoms with Gasteiger partial charge in [0.25, 0.3) is 0 Å². The summed E-state index contributed by atoms with van der Waals surface area (Å²) in [5.41, 5.74) is 1.58. The molecule has 0 atom stereocenters. The summed E-state index contributed by atoms with van der Waals surface area (Å²) in [7, 11) is 0. The number of benzene rings is 2. The van der Waals surface area contributed by atoms with Crippen molar-refractivity contribution in [2.75, 3.05) is 5.32 Å². The first kappa shape index (κ1) is 18.8. The van der Waals surface area contributed by atoms with E-state index in [0.29, 0.717) is 17.2 Å². The van der Waals surface area contributed by atoms with Crippen LogP contribution in [0.2, 0.25) is 5.02 Å². The zero-order chi connectivity index (χ0) is 20.5. The number of hydrogen-bond acceptors (Lipinski definition) is 4. The molecule has 2 aromatic heterocycles. The van der Waals surface area contributed by atoms with E-state index in [2.05, 4.69) is 15.4 Å². The van der Waals surface area contributed by atoms with Gasteiger partial charge in [-0.25, -0.2) is 23.3 Å². The third-order valence-corrected chi connectivity index (χ3v) is 4.54. The Morgan fingerprint density at radius 1 is 1.17 bits per heavy atom. The van der Waals surface area contributed by atoms with Crippen LogP contribution in [0.25, 0.3) is 17.0 Å². The topological polar surface area (TPSA) is 81.3 Å². The van der Waals surface area contributed by atoms with Crippen LogP contribution in [0.15, 0.2) is 59.4 Å². The number of fused-ring (bicyclic) bond motifs is 1. The fourth-order valence-corrected chi connectivity index (χ4v) is 3.17. The van der Waals surface area contributed by atoms with Crippen molar-refractivity contribution in [3.8, 4) is 11.4 Å². The Bertz CT molecular complexity index is 1280. The molecule has 0 aliphatic carbocycles. The average molecular weight is 412 g/mol. The molecule has 0 saturated heterocycles. The van der Waals surface area contributed by atoms with Gasteiger partial charge in [-0.15, -0.1) is 5.10 Å². The van der Waals surface area contributed by atoms with Gasteiger partial charge in [-0.1, -0.05) is 41.9 Å². The van der Waals surface area contributed by atoms with Gasteiger partial charge in [-0.3, -0.25) is 4.79 Å². The third-order valence-electron chi connectivity index (χ3n) is 4.23. The predicted molar refractivity (Wildman–Crippen MR) is 107 cm³/mol. The second kappa shape index (κ2) is 7.48. The van der Waals surface area contributed by atoms with Gasteiger partial charge in [-0.05, 0) is 25.1 Å². The van der Waals surface area contributed by atoms with Crippen molar-refractivity contribution >= 4 is 28.8 Å². The molecule has 0 aliphatic rings. The summed E-state index contributed by atoms with van der Waals surface area (Å²) in [5, 5.41) is 6.87. The summed E-state index contributed by atoms with van der Waals surface area (Å²) in [6.45, 7) is 1.47. The lowest BCUT2D eigenvalue weighted by molar-refractivity contribution is -0.117. The van der Waals surface area contributed by atoms with E-state index < -0.39 is 17.4 Å².